The predicted molar refractivity (Wildman–Crippen MR) is 177 cm³/mol. The first-order valence-electron chi connectivity index (χ1n) is 15.5. The largest absolute Gasteiger partial charge is 0.444 e. The van der Waals surface area contributed by atoms with Gasteiger partial charge < -0.3 is 29.4 Å². The molecule has 2 fully saturated rings. The summed E-state index contributed by atoms with van der Waals surface area (Å²) in [6, 6.07) is 3.20. The molecule has 14 heteroatoms. The minimum atomic E-state index is -0.842. The molecule has 3 aromatic rings. The number of methoxy groups -OCH3 is 1. The minimum absolute atomic E-state index is 0.0431. The van der Waals surface area contributed by atoms with Gasteiger partial charge in [0.2, 0.25) is 0 Å². The molecule has 1 aliphatic carbocycles. The fourth-order valence-corrected chi connectivity index (χ4v) is 5.82. The topological polar surface area (TPSA) is 147 Å². The standard InChI is InChI=1S/C33H42ClN7O6/c1-32(2,3)46-30(43)38(7)29-27(28(35)42)24(12-9-19-13-25-26(15-23(19)34)40(18-36-25)20-10-11-20)37-41(29)21-14-22(17-45-8)39(16-21)31(44)47-33(4,5)6/h13,15,18,20-22H,10-11,14,16-17H2,1-8H3,(H2,35,42)/t21-,22+/m0/s1. The number of fused-ring (bicyclic) bond motifs is 1. The number of ether oxygens (including phenoxy) is 3. The van der Waals surface area contributed by atoms with Crippen LogP contribution in [-0.4, -0.2) is 86.9 Å². The van der Waals surface area contributed by atoms with Gasteiger partial charge in [-0.05, 0) is 78.9 Å². The third-order valence-electron chi connectivity index (χ3n) is 7.76. The molecule has 0 bridgehead atoms. The molecule has 2 atom stereocenters. The summed E-state index contributed by atoms with van der Waals surface area (Å²) in [5.74, 6) is 5.26. The van der Waals surface area contributed by atoms with Crippen LogP contribution in [0.25, 0.3) is 11.0 Å². The van der Waals surface area contributed by atoms with Crippen molar-refractivity contribution in [1.29, 1.82) is 0 Å². The van der Waals surface area contributed by atoms with Crippen LogP contribution >= 0.6 is 11.6 Å². The van der Waals surface area contributed by atoms with E-state index < -0.39 is 35.3 Å². The van der Waals surface area contributed by atoms with Crippen molar-refractivity contribution in [3.63, 3.8) is 0 Å². The lowest BCUT2D eigenvalue weighted by molar-refractivity contribution is 0.0145. The fourth-order valence-electron chi connectivity index (χ4n) is 5.61. The SMILES string of the molecule is COC[C@H]1C[C@H](n2nc(C#Cc3cc4ncn(C5CC5)c4cc3Cl)c(C(N)=O)c2N(C)C(=O)OC(C)(C)C)CN1C(=O)OC(C)(C)C. The van der Waals surface area contributed by atoms with E-state index in [-0.39, 0.29) is 36.3 Å². The quantitative estimate of drug-likeness (QED) is 0.349. The van der Waals surface area contributed by atoms with Crippen molar-refractivity contribution >= 4 is 46.5 Å². The summed E-state index contributed by atoms with van der Waals surface area (Å²) in [6.45, 7) is 11.0. The van der Waals surface area contributed by atoms with E-state index in [1.165, 1.54) is 16.6 Å². The number of carbonyl (C=O) groups excluding carboxylic acids is 3. The van der Waals surface area contributed by atoms with Crippen molar-refractivity contribution in [3.8, 4) is 11.8 Å². The predicted octanol–water partition coefficient (Wildman–Crippen LogP) is 5.29. The van der Waals surface area contributed by atoms with Gasteiger partial charge in [-0.2, -0.15) is 5.10 Å². The van der Waals surface area contributed by atoms with E-state index in [1.807, 2.05) is 6.07 Å². The number of nitrogens with two attached hydrogens (primary N) is 1. The third kappa shape index (κ3) is 7.49. The van der Waals surface area contributed by atoms with E-state index in [1.54, 1.807) is 65.9 Å². The number of hydrogen-bond donors (Lipinski definition) is 1. The lowest BCUT2D eigenvalue weighted by Crippen LogP contribution is -2.41. The molecular weight excluding hydrogens is 626 g/mol. The summed E-state index contributed by atoms with van der Waals surface area (Å²) in [6.07, 6.45) is 3.16. The Hall–Kier alpha value is -4.28. The molecule has 1 saturated heterocycles. The van der Waals surface area contributed by atoms with Gasteiger partial charge in [-0.1, -0.05) is 17.5 Å². The number of primary amides is 1. The normalized spacial score (nSPS) is 18.2. The number of nitrogens with zero attached hydrogens (tertiary/aromatic N) is 6. The van der Waals surface area contributed by atoms with Crippen LogP contribution in [0.4, 0.5) is 15.4 Å². The zero-order valence-electron chi connectivity index (χ0n) is 28.1. The summed E-state index contributed by atoms with van der Waals surface area (Å²) in [7, 11) is 3.02. The molecular formula is C33H42ClN7O6. The van der Waals surface area contributed by atoms with E-state index >= 15 is 0 Å². The number of aromatic nitrogens is 4. The summed E-state index contributed by atoms with van der Waals surface area (Å²) < 4.78 is 20.4. The van der Waals surface area contributed by atoms with E-state index in [0.717, 1.165) is 23.9 Å². The molecule has 3 heterocycles. The maximum Gasteiger partial charge on any atom is 0.415 e. The molecule has 2 aromatic heterocycles. The molecule has 2 aliphatic rings. The zero-order valence-corrected chi connectivity index (χ0v) is 28.8. The van der Waals surface area contributed by atoms with Crippen LogP contribution in [0.2, 0.25) is 5.02 Å². The second-order valence-electron chi connectivity index (χ2n) is 14.0. The van der Waals surface area contributed by atoms with Gasteiger partial charge in [0.1, 0.15) is 16.8 Å². The van der Waals surface area contributed by atoms with Crippen LogP contribution < -0.4 is 10.6 Å². The average molecular weight is 668 g/mol. The lowest BCUT2D eigenvalue weighted by Gasteiger charge is -2.28. The molecule has 0 spiro atoms. The Labute approximate surface area is 279 Å². The number of anilines is 1. The highest BCUT2D eigenvalue weighted by molar-refractivity contribution is 6.32. The zero-order chi connectivity index (χ0) is 34.4. The van der Waals surface area contributed by atoms with Crippen molar-refractivity contribution in [2.75, 3.05) is 32.2 Å². The van der Waals surface area contributed by atoms with E-state index in [0.29, 0.717) is 23.0 Å². The minimum Gasteiger partial charge on any atom is -0.444 e. The van der Waals surface area contributed by atoms with Crippen LogP contribution in [0, 0.1) is 11.8 Å². The summed E-state index contributed by atoms with van der Waals surface area (Å²) in [5, 5.41) is 5.15. The van der Waals surface area contributed by atoms with Crippen molar-refractivity contribution in [3.05, 3.63) is 40.3 Å². The number of rotatable bonds is 6. The molecule has 5 rings (SSSR count). The third-order valence-corrected chi connectivity index (χ3v) is 8.07. The van der Waals surface area contributed by atoms with Gasteiger partial charge in [-0.15, -0.1) is 0 Å². The van der Waals surface area contributed by atoms with Gasteiger partial charge in [0.15, 0.2) is 11.5 Å². The molecule has 3 amide bonds. The Bertz CT molecular complexity index is 1770. The van der Waals surface area contributed by atoms with E-state index in [4.69, 9.17) is 36.6 Å². The Morgan fingerprint density at radius 3 is 2.34 bits per heavy atom. The number of halogens is 1. The Morgan fingerprint density at radius 2 is 1.74 bits per heavy atom. The van der Waals surface area contributed by atoms with Crippen LogP contribution in [-0.2, 0) is 14.2 Å². The molecule has 47 heavy (non-hydrogen) atoms. The van der Waals surface area contributed by atoms with Gasteiger partial charge in [0.05, 0.1) is 41.1 Å². The molecule has 13 nitrogen and oxygen atoms in total. The highest BCUT2D eigenvalue weighted by atomic mass is 35.5. The number of carbonyl (C=O) groups is 3. The Morgan fingerprint density at radius 1 is 1.06 bits per heavy atom. The second kappa shape index (κ2) is 12.7. The molecule has 0 unspecified atom stereocenters. The molecule has 1 saturated carbocycles. The molecule has 1 aromatic carbocycles. The number of hydrogen-bond acceptors (Lipinski definition) is 8. The van der Waals surface area contributed by atoms with Gasteiger partial charge in [-0.25, -0.2) is 19.3 Å². The van der Waals surface area contributed by atoms with Gasteiger partial charge in [0, 0.05) is 32.3 Å². The number of likely N-dealkylation sites (tertiary alicyclic amines) is 1. The summed E-state index contributed by atoms with van der Waals surface area (Å²) in [5.41, 5.74) is 6.53. The van der Waals surface area contributed by atoms with Crippen LogP contribution in [0.5, 0.6) is 0 Å². The highest BCUT2D eigenvalue weighted by Crippen LogP contribution is 2.38. The maximum absolute atomic E-state index is 13.4. The maximum atomic E-state index is 13.4. The molecule has 1 aliphatic heterocycles. The van der Waals surface area contributed by atoms with Gasteiger partial charge in [0.25, 0.3) is 5.91 Å². The number of benzene rings is 1. The first kappa shape index (κ1) is 34.1. The Balaban J connectivity index is 1.59. The highest BCUT2D eigenvalue weighted by Gasteiger charge is 2.42. The van der Waals surface area contributed by atoms with Crippen LogP contribution in [0.3, 0.4) is 0 Å². The monoisotopic (exact) mass is 667 g/mol. The lowest BCUT2D eigenvalue weighted by atomic mass is 10.1. The van der Waals surface area contributed by atoms with Crippen molar-refractivity contribution in [2.24, 2.45) is 5.73 Å². The summed E-state index contributed by atoms with van der Waals surface area (Å²) >= 11 is 6.67. The average Bonchev–Trinajstić information content (AvgIpc) is 3.39. The van der Waals surface area contributed by atoms with Crippen LogP contribution in [0.1, 0.15) is 94.5 Å². The van der Waals surface area contributed by atoms with Gasteiger partial charge in [-0.3, -0.25) is 9.69 Å². The first-order chi connectivity index (χ1) is 22.0. The second-order valence-corrected chi connectivity index (χ2v) is 14.4. The first-order valence-corrected chi connectivity index (χ1v) is 15.9. The number of imidazole rings is 1. The summed E-state index contributed by atoms with van der Waals surface area (Å²) in [4.78, 5) is 47.0. The molecule has 252 valence electrons. The van der Waals surface area contributed by atoms with Crippen molar-refractivity contribution < 1.29 is 28.6 Å². The van der Waals surface area contributed by atoms with Crippen molar-refractivity contribution in [2.45, 2.75) is 90.1 Å². The van der Waals surface area contributed by atoms with E-state index in [9.17, 15) is 14.4 Å². The van der Waals surface area contributed by atoms with Gasteiger partial charge >= 0.3 is 12.2 Å². The molecule has 0 radical (unpaired) electrons. The van der Waals surface area contributed by atoms with Crippen LogP contribution in [0.15, 0.2) is 18.5 Å². The van der Waals surface area contributed by atoms with Crippen molar-refractivity contribution in [1.82, 2.24) is 24.2 Å². The fraction of sp³-hybridized carbons (Fsp3) is 0.545. The smallest absolute Gasteiger partial charge is 0.415 e. The van der Waals surface area contributed by atoms with E-state index in [2.05, 4.69) is 21.4 Å². The molecule has 2 N–H and O–H groups in total. The Kier molecular flexibility index (Phi) is 9.23. The number of amides is 3.